The van der Waals surface area contributed by atoms with E-state index in [1.54, 1.807) is 19.4 Å². The van der Waals surface area contributed by atoms with Crippen molar-refractivity contribution in [3.8, 4) is 0 Å². The number of hydrogen-bond donors (Lipinski definition) is 0. The zero-order chi connectivity index (χ0) is 27.5. The van der Waals surface area contributed by atoms with E-state index in [-0.39, 0.29) is 37.2 Å². The van der Waals surface area contributed by atoms with Crippen LogP contribution in [0.3, 0.4) is 0 Å². The van der Waals surface area contributed by atoms with Crippen molar-refractivity contribution in [3.05, 3.63) is 111 Å². The van der Waals surface area contributed by atoms with Gasteiger partial charge in [-0.3, -0.25) is 0 Å². The summed E-state index contributed by atoms with van der Waals surface area (Å²) < 4.78 is 1.73. The predicted octanol–water partition coefficient (Wildman–Crippen LogP) is 9.65. The van der Waals surface area contributed by atoms with Crippen molar-refractivity contribution in [2.24, 2.45) is 0 Å². The molecule has 0 saturated heterocycles. The largest absolute Gasteiger partial charge is 0.147 e. The fourth-order valence-electron chi connectivity index (χ4n) is 5.78. The number of benzene rings is 3. The Balaban J connectivity index is 0.00000294. The van der Waals surface area contributed by atoms with Crippen LogP contribution in [0.25, 0.3) is 0 Å². The fourth-order valence-corrected chi connectivity index (χ4v) is 17.8. The van der Waals surface area contributed by atoms with Crippen molar-refractivity contribution in [1.29, 1.82) is 0 Å². The maximum Gasteiger partial charge on any atom is -0.147 e. The van der Waals surface area contributed by atoms with E-state index in [4.69, 9.17) is 0 Å². The molecule has 0 amide bonds. The Morgan fingerprint density at radius 3 is 1.19 bits per heavy atom. The molecule has 1 aliphatic rings. The smallest absolute Gasteiger partial charge is 0.147 e. The summed E-state index contributed by atoms with van der Waals surface area (Å²) in [5, 5.41) is 4.82. The van der Waals surface area contributed by atoms with Crippen LogP contribution in [0, 0.1) is 0 Å². The van der Waals surface area contributed by atoms with Gasteiger partial charge < -0.3 is 0 Å². The second-order valence-corrected chi connectivity index (χ2v) is 20.5. The Labute approximate surface area is 284 Å². The number of aryl methyl sites for hydroxylation is 3. The first-order valence-corrected chi connectivity index (χ1v) is 20.7. The molecule has 0 N–H and O–H groups in total. The first kappa shape index (κ1) is 39.0. The molecule has 4 rings (SSSR count). The Morgan fingerprint density at radius 1 is 0.548 bits per heavy atom. The summed E-state index contributed by atoms with van der Waals surface area (Å²) in [6, 6.07) is 29.9. The zero-order valence-corrected chi connectivity index (χ0v) is 31.1. The molecule has 0 fully saturated rings. The average Bonchev–Trinajstić information content (AvgIpc) is 3.45. The number of rotatable bonds is 15. The SMILES string of the molecule is CCCCc1ccc([Si]([Ti][C]2=CC(CC)=CC2)(c2ccc(CCCC)cc2)c2ccc(CCCC)cc2)cc1.Cl.Cl.Cl. The number of halogens is 3. The second-order valence-electron chi connectivity index (χ2n) is 11.3. The quantitative estimate of drug-likeness (QED) is 0.111. The summed E-state index contributed by atoms with van der Waals surface area (Å²) in [7, 11) is 0. The summed E-state index contributed by atoms with van der Waals surface area (Å²) in [5.74, 6) is -2.17. The molecule has 0 saturated carbocycles. The van der Waals surface area contributed by atoms with Crippen LogP contribution in [0.4, 0.5) is 0 Å². The van der Waals surface area contributed by atoms with Gasteiger partial charge in [-0.25, -0.2) is 0 Å². The van der Waals surface area contributed by atoms with Crippen LogP contribution in [0.15, 0.2) is 94.4 Å². The first-order valence-electron chi connectivity index (χ1n) is 15.6. The molecule has 0 heterocycles. The van der Waals surface area contributed by atoms with Crippen molar-refractivity contribution >= 4 is 58.7 Å². The van der Waals surface area contributed by atoms with Gasteiger partial charge in [-0.2, -0.15) is 0 Å². The molecule has 0 nitrogen and oxygen atoms in total. The molecule has 0 spiro atoms. The van der Waals surface area contributed by atoms with Gasteiger partial charge in [-0.15, -0.1) is 37.2 Å². The molecule has 0 bridgehead atoms. The summed E-state index contributed by atoms with van der Waals surface area (Å²) in [6.45, 7) is 9.17. The molecular weight excluding hydrogens is 627 g/mol. The summed E-state index contributed by atoms with van der Waals surface area (Å²) >= 11 is -0.404. The third-order valence-corrected chi connectivity index (χ3v) is 20.5. The van der Waals surface area contributed by atoms with E-state index < -0.39 is 24.3 Å². The molecule has 0 atom stereocenters. The predicted molar refractivity (Wildman–Crippen MR) is 193 cm³/mol. The van der Waals surface area contributed by atoms with E-state index >= 15 is 0 Å². The van der Waals surface area contributed by atoms with E-state index in [2.05, 4.69) is 113 Å². The van der Waals surface area contributed by atoms with Gasteiger partial charge >= 0.3 is 249 Å². The Kier molecular flexibility index (Phi) is 18.6. The normalized spacial score (nSPS) is 12.4. The van der Waals surface area contributed by atoms with Gasteiger partial charge in [0.25, 0.3) is 0 Å². The van der Waals surface area contributed by atoms with Crippen molar-refractivity contribution in [3.63, 3.8) is 0 Å². The molecule has 228 valence electrons. The molecule has 5 heteroatoms. The number of hydrogen-bond acceptors (Lipinski definition) is 0. The van der Waals surface area contributed by atoms with Crippen LogP contribution in [0.1, 0.15) is 95.8 Å². The van der Waals surface area contributed by atoms with Crippen LogP contribution in [-0.2, 0) is 37.7 Å². The summed E-state index contributed by atoms with van der Waals surface area (Å²) in [6.07, 6.45) is 18.5. The van der Waals surface area contributed by atoms with Crippen LogP contribution in [-0.4, -0.2) is 5.94 Å². The minimum absolute atomic E-state index is 0. The monoisotopic (exact) mass is 676 g/mol. The van der Waals surface area contributed by atoms with Crippen LogP contribution in [0.2, 0.25) is 0 Å². The van der Waals surface area contributed by atoms with E-state index in [0.29, 0.717) is 0 Å². The molecule has 1 aliphatic carbocycles. The topological polar surface area (TPSA) is 0 Å². The molecule has 3 aromatic rings. The maximum atomic E-state index is 2.57. The molecule has 0 unspecified atom stereocenters. The molecular formula is C37H51Cl3SiTi. The Bertz CT molecular complexity index is 1110. The van der Waals surface area contributed by atoms with Gasteiger partial charge in [-0.1, -0.05) is 0 Å². The van der Waals surface area contributed by atoms with Gasteiger partial charge in [-0.05, 0) is 0 Å². The van der Waals surface area contributed by atoms with Crippen molar-refractivity contribution in [1.82, 2.24) is 0 Å². The van der Waals surface area contributed by atoms with Crippen molar-refractivity contribution < 1.29 is 18.4 Å². The van der Waals surface area contributed by atoms with Gasteiger partial charge in [0.05, 0.1) is 0 Å². The zero-order valence-electron chi connectivity index (χ0n) is 26.1. The first-order chi connectivity index (χ1) is 19.1. The number of allylic oxidation sites excluding steroid dienone is 4. The van der Waals surface area contributed by atoms with E-state index in [1.165, 1.54) is 80.1 Å². The maximum absolute atomic E-state index is 2.57. The van der Waals surface area contributed by atoms with Gasteiger partial charge in [0, 0.05) is 0 Å². The molecule has 0 radical (unpaired) electrons. The average molecular weight is 678 g/mol. The van der Waals surface area contributed by atoms with E-state index in [0.717, 1.165) is 12.8 Å². The number of unbranched alkanes of at least 4 members (excludes halogenated alkanes) is 3. The molecule has 0 aromatic heterocycles. The molecule has 0 aliphatic heterocycles. The standard InChI is InChI=1S/C30H39Si.C7H9.3ClH.Ti/c1-4-7-10-25-13-19-28(20-14-25)31(29-21-15-26(16-22-29)11-8-5-2)30-23-17-27(18-24-30)12-9-6-3;1-2-7-5-3-4-6-7;;;;/h13-24H,4-12H2,1-3H3;5-6H,2-3H2,1H3;3*1H;. The van der Waals surface area contributed by atoms with Crippen LogP contribution in [0.5, 0.6) is 0 Å². The minimum Gasteiger partial charge on any atom is -0.147 e. The third kappa shape index (κ3) is 9.98. The van der Waals surface area contributed by atoms with Crippen molar-refractivity contribution in [2.45, 2.75) is 98.3 Å². The van der Waals surface area contributed by atoms with E-state index in [9.17, 15) is 0 Å². The van der Waals surface area contributed by atoms with Gasteiger partial charge in [0.2, 0.25) is 0 Å². The van der Waals surface area contributed by atoms with Crippen LogP contribution < -0.4 is 15.6 Å². The summed E-state index contributed by atoms with van der Waals surface area (Å²) in [4.78, 5) is 0. The van der Waals surface area contributed by atoms with Crippen molar-refractivity contribution in [2.75, 3.05) is 0 Å². The van der Waals surface area contributed by atoms with Gasteiger partial charge in [0.1, 0.15) is 0 Å². The van der Waals surface area contributed by atoms with Gasteiger partial charge in [0.15, 0.2) is 0 Å². The molecule has 3 aromatic carbocycles. The molecule has 42 heavy (non-hydrogen) atoms. The fraction of sp³-hybridized carbons (Fsp3) is 0.405. The second kappa shape index (κ2) is 20.1. The minimum atomic E-state index is -2.17. The van der Waals surface area contributed by atoms with E-state index in [1.807, 2.05) is 0 Å². The van der Waals surface area contributed by atoms with Crippen LogP contribution >= 0.6 is 37.2 Å². The Morgan fingerprint density at radius 2 is 0.905 bits per heavy atom. The Hall–Kier alpha value is -1.06. The third-order valence-electron chi connectivity index (χ3n) is 8.32. The summed E-state index contributed by atoms with van der Waals surface area (Å²) in [5.41, 5.74) is 6.01.